The van der Waals surface area contributed by atoms with Gasteiger partial charge in [0, 0.05) is 5.69 Å². The molecule has 0 unspecified atom stereocenters. The van der Waals surface area contributed by atoms with Crippen LogP contribution in [0.15, 0.2) is 36.4 Å². The van der Waals surface area contributed by atoms with Crippen molar-refractivity contribution < 1.29 is 22.8 Å². The molecular weight excluding hydrogens is 423 g/mol. The number of aryl methyl sites for hydroxylation is 3. The van der Waals surface area contributed by atoms with Gasteiger partial charge >= 0.3 is 6.18 Å². The molecule has 0 saturated heterocycles. The molecule has 0 aliphatic rings. The predicted octanol–water partition coefficient (Wildman–Crippen LogP) is 4.42. The van der Waals surface area contributed by atoms with Gasteiger partial charge in [0.25, 0.3) is 5.91 Å². The highest BCUT2D eigenvalue weighted by Crippen LogP contribution is 2.34. The summed E-state index contributed by atoms with van der Waals surface area (Å²) in [4.78, 5) is 25.1. The van der Waals surface area contributed by atoms with Gasteiger partial charge in [-0.1, -0.05) is 35.0 Å². The molecule has 2 amide bonds. The van der Waals surface area contributed by atoms with E-state index in [4.69, 9.17) is 0 Å². The van der Waals surface area contributed by atoms with Crippen LogP contribution in [0, 0.1) is 27.7 Å². The molecule has 0 saturated carbocycles. The standard InChI is InChI=1S/C22H22F3N5O2/c1-12-9-13(2)19(14(3)10-12)27-21(32)20-15(4)30(29-28-20)11-18(31)26-17-8-6-5-7-16(17)22(23,24)25/h5-10H,11H2,1-4H3,(H,26,31)(H,27,32). The van der Waals surface area contributed by atoms with Crippen molar-refractivity contribution in [3.05, 3.63) is 70.0 Å². The van der Waals surface area contributed by atoms with E-state index in [0.717, 1.165) is 27.4 Å². The maximum atomic E-state index is 13.1. The SMILES string of the molecule is Cc1cc(C)c(NC(=O)c2nnn(CC(=O)Nc3ccccc3C(F)(F)F)c2C)c(C)c1. The number of hydrogen-bond acceptors (Lipinski definition) is 4. The number of benzene rings is 2. The maximum Gasteiger partial charge on any atom is 0.418 e. The van der Waals surface area contributed by atoms with Crippen molar-refractivity contribution in [1.29, 1.82) is 0 Å². The third kappa shape index (κ3) is 4.96. The second-order valence-electron chi connectivity index (χ2n) is 7.50. The Bertz CT molecular complexity index is 1160. The van der Waals surface area contributed by atoms with E-state index in [1.807, 2.05) is 32.9 Å². The zero-order valence-corrected chi connectivity index (χ0v) is 18.0. The zero-order valence-electron chi connectivity index (χ0n) is 18.0. The molecule has 0 spiro atoms. The van der Waals surface area contributed by atoms with E-state index in [1.165, 1.54) is 18.2 Å². The molecule has 0 aliphatic carbocycles. The number of amides is 2. The topological polar surface area (TPSA) is 88.9 Å². The summed E-state index contributed by atoms with van der Waals surface area (Å²) in [6.07, 6.45) is -4.61. The molecule has 3 rings (SSSR count). The highest BCUT2D eigenvalue weighted by Gasteiger charge is 2.33. The van der Waals surface area contributed by atoms with Crippen molar-refractivity contribution in [3.63, 3.8) is 0 Å². The molecule has 0 fully saturated rings. The molecule has 168 valence electrons. The molecule has 1 aromatic heterocycles. The number of aromatic nitrogens is 3. The number of carbonyl (C=O) groups is 2. The smallest absolute Gasteiger partial charge is 0.324 e. The van der Waals surface area contributed by atoms with Crippen LogP contribution in [-0.4, -0.2) is 26.8 Å². The number of halogens is 3. The molecule has 0 bridgehead atoms. The van der Waals surface area contributed by atoms with E-state index in [2.05, 4.69) is 20.9 Å². The number of alkyl halides is 3. The van der Waals surface area contributed by atoms with Crippen molar-refractivity contribution in [3.8, 4) is 0 Å². The van der Waals surface area contributed by atoms with Crippen LogP contribution in [0.3, 0.4) is 0 Å². The molecule has 32 heavy (non-hydrogen) atoms. The van der Waals surface area contributed by atoms with E-state index >= 15 is 0 Å². The van der Waals surface area contributed by atoms with Crippen LogP contribution in [0.2, 0.25) is 0 Å². The van der Waals surface area contributed by atoms with Gasteiger partial charge in [0.1, 0.15) is 6.54 Å². The number of carbonyl (C=O) groups excluding carboxylic acids is 2. The first-order valence-electron chi connectivity index (χ1n) is 9.72. The van der Waals surface area contributed by atoms with E-state index in [0.29, 0.717) is 11.4 Å². The van der Waals surface area contributed by atoms with Gasteiger partial charge in [-0.3, -0.25) is 9.59 Å². The van der Waals surface area contributed by atoms with E-state index in [-0.39, 0.29) is 11.4 Å². The summed E-state index contributed by atoms with van der Waals surface area (Å²) in [5.74, 6) is -1.22. The van der Waals surface area contributed by atoms with Crippen LogP contribution in [0.4, 0.5) is 24.5 Å². The van der Waals surface area contributed by atoms with Gasteiger partial charge in [-0.25, -0.2) is 4.68 Å². The fourth-order valence-electron chi connectivity index (χ4n) is 3.44. The maximum absolute atomic E-state index is 13.1. The summed E-state index contributed by atoms with van der Waals surface area (Å²) in [5.41, 5.74) is 2.54. The van der Waals surface area contributed by atoms with Gasteiger partial charge in [0.15, 0.2) is 5.69 Å². The van der Waals surface area contributed by atoms with Crippen LogP contribution < -0.4 is 10.6 Å². The zero-order chi connectivity index (χ0) is 23.6. The molecule has 3 aromatic rings. The van der Waals surface area contributed by atoms with Gasteiger partial charge in [0.05, 0.1) is 16.9 Å². The van der Waals surface area contributed by atoms with Gasteiger partial charge in [0.2, 0.25) is 5.91 Å². The van der Waals surface area contributed by atoms with Crippen molar-refractivity contribution >= 4 is 23.2 Å². The summed E-state index contributed by atoms with van der Waals surface area (Å²) in [6.45, 7) is 6.87. The van der Waals surface area contributed by atoms with Crippen LogP contribution in [0.1, 0.15) is 38.4 Å². The van der Waals surface area contributed by atoms with Gasteiger partial charge in [-0.05, 0) is 51.0 Å². The van der Waals surface area contributed by atoms with E-state index < -0.39 is 30.1 Å². The number of anilines is 2. The Morgan fingerprint density at radius 1 is 1.00 bits per heavy atom. The fourth-order valence-corrected chi connectivity index (χ4v) is 3.44. The largest absolute Gasteiger partial charge is 0.418 e. The summed E-state index contributed by atoms with van der Waals surface area (Å²) in [5, 5.41) is 12.7. The van der Waals surface area contributed by atoms with Gasteiger partial charge < -0.3 is 10.6 Å². The van der Waals surface area contributed by atoms with Gasteiger partial charge in [-0.15, -0.1) is 5.10 Å². The van der Waals surface area contributed by atoms with Crippen molar-refractivity contribution in [2.24, 2.45) is 0 Å². The minimum Gasteiger partial charge on any atom is -0.324 e. The number of nitrogens with one attached hydrogen (secondary N) is 2. The number of rotatable bonds is 5. The Labute approximate surface area is 182 Å². The van der Waals surface area contributed by atoms with Crippen molar-refractivity contribution in [2.75, 3.05) is 10.6 Å². The van der Waals surface area contributed by atoms with Crippen LogP contribution >= 0.6 is 0 Å². The highest BCUT2D eigenvalue weighted by molar-refractivity contribution is 6.04. The van der Waals surface area contributed by atoms with Crippen LogP contribution in [-0.2, 0) is 17.5 Å². The molecular formula is C22H22F3N5O2. The molecule has 10 heteroatoms. The van der Waals surface area contributed by atoms with E-state index in [9.17, 15) is 22.8 Å². The molecule has 0 aliphatic heterocycles. The lowest BCUT2D eigenvalue weighted by atomic mass is 10.0. The van der Waals surface area contributed by atoms with Crippen molar-refractivity contribution in [1.82, 2.24) is 15.0 Å². The predicted molar refractivity (Wildman–Crippen MR) is 113 cm³/mol. The molecule has 0 atom stereocenters. The normalized spacial score (nSPS) is 11.3. The summed E-state index contributed by atoms with van der Waals surface area (Å²) in [6, 6.07) is 8.56. The second kappa shape index (κ2) is 8.81. The fraction of sp³-hybridized carbons (Fsp3) is 0.273. The van der Waals surface area contributed by atoms with E-state index in [1.54, 1.807) is 6.92 Å². The highest BCUT2D eigenvalue weighted by atomic mass is 19.4. The average Bonchev–Trinajstić information content (AvgIpc) is 3.04. The molecule has 1 heterocycles. The molecule has 0 radical (unpaired) electrons. The number of nitrogens with zero attached hydrogens (tertiary/aromatic N) is 3. The summed E-state index contributed by atoms with van der Waals surface area (Å²) < 4.78 is 40.5. The first-order valence-corrected chi connectivity index (χ1v) is 9.72. The van der Waals surface area contributed by atoms with Crippen LogP contribution in [0.25, 0.3) is 0 Å². The number of hydrogen-bond donors (Lipinski definition) is 2. The minimum absolute atomic E-state index is 0.0212. The first kappa shape index (κ1) is 23.0. The molecule has 2 aromatic carbocycles. The Morgan fingerprint density at radius 2 is 1.62 bits per heavy atom. The average molecular weight is 445 g/mol. The van der Waals surface area contributed by atoms with Crippen LogP contribution in [0.5, 0.6) is 0 Å². The number of para-hydroxylation sites is 1. The summed E-state index contributed by atoms with van der Waals surface area (Å²) in [7, 11) is 0. The first-order chi connectivity index (χ1) is 15.0. The van der Waals surface area contributed by atoms with Gasteiger partial charge in [-0.2, -0.15) is 13.2 Å². The lowest BCUT2D eigenvalue weighted by Gasteiger charge is -2.13. The Morgan fingerprint density at radius 3 is 2.25 bits per heavy atom. The molecule has 7 nitrogen and oxygen atoms in total. The quantitative estimate of drug-likeness (QED) is 0.609. The minimum atomic E-state index is -4.61. The molecule has 2 N–H and O–H groups in total. The third-order valence-electron chi connectivity index (χ3n) is 4.91. The Kier molecular flexibility index (Phi) is 6.33. The summed E-state index contributed by atoms with van der Waals surface area (Å²) >= 11 is 0. The lowest BCUT2D eigenvalue weighted by molar-refractivity contribution is -0.137. The lowest BCUT2D eigenvalue weighted by Crippen LogP contribution is -2.22. The Balaban J connectivity index is 1.74. The second-order valence-corrected chi connectivity index (χ2v) is 7.50. The third-order valence-corrected chi connectivity index (χ3v) is 4.91. The monoisotopic (exact) mass is 445 g/mol. The van der Waals surface area contributed by atoms with Crippen molar-refractivity contribution in [2.45, 2.75) is 40.4 Å². The Hall–Kier alpha value is -3.69.